The Balaban J connectivity index is 1.48. The molecule has 2 aromatic carbocycles. The van der Waals surface area contributed by atoms with Crippen molar-refractivity contribution < 1.29 is 4.79 Å². The third kappa shape index (κ3) is 3.88. The number of imidazole rings is 1. The lowest BCUT2D eigenvalue weighted by Crippen LogP contribution is -2.30. The number of piperidine rings is 1. The summed E-state index contributed by atoms with van der Waals surface area (Å²) in [5.74, 6) is 0.523. The number of fused-ring (bicyclic) bond motifs is 1. The number of hydrogen-bond donors (Lipinski definition) is 1. The molecule has 5 heteroatoms. The standard InChI is InChI=1S/C22H26N4O/c1-25-14-11-18(12-15-25)19-8-5-9-20-21(19)24-16-26(20)22(27)23-13-10-17-6-3-2-4-7-17/h2-9,16,18H,10-15H2,1H3,(H,23,27). The third-order valence-corrected chi connectivity index (χ3v) is 5.52. The van der Waals surface area contributed by atoms with Crippen molar-refractivity contribution in [2.45, 2.75) is 25.2 Å². The summed E-state index contributed by atoms with van der Waals surface area (Å²) in [5.41, 5.74) is 4.35. The smallest absolute Gasteiger partial charge is 0.327 e. The van der Waals surface area contributed by atoms with Gasteiger partial charge in [0, 0.05) is 6.54 Å². The van der Waals surface area contributed by atoms with Crippen LogP contribution < -0.4 is 5.32 Å². The van der Waals surface area contributed by atoms with Crippen molar-refractivity contribution in [1.29, 1.82) is 0 Å². The van der Waals surface area contributed by atoms with Gasteiger partial charge < -0.3 is 10.2 Å². The summed E-state index contributed by atoms with van der Waals surface area (Å²) in [4.78, 5) is 19.6. The third-order valence-electron chi connectivity index (χ3n) is 5.52. The van der Waals surface area contributed by atoms with Gasteiger partial charge in [-0.2, -0.15) is 0 Å². The van der Waals surface area contributed by atoms with Crippen LogP contribution >= 0.6 is 0 Å². The van der Waals surface area contributed by atoms with E-state index in [1.165, 1.54) is 11.1 Å². The largest absolute Gasteiger partial charge is 0.337 e. The first kappa shape index (κ1) is 17.7. The molecule has 4 rings (SSSR count). The molecule has 0 unspecified atom stereocenters. The molecule has 1 amide bonds. The molecule has 0 aliphatic carbocycles. The minimum atomic E-state index is -0.117. The molecule has 1 fully saturated rings. The molecule has 140 valence electrons. The Morgan fingerprint density at radius 3 is 2.67 bits per heavy atom. The van der Waals surface area contributed by atoms with E-state index < -0.39 is 0 Å². The Kier molecular flexibility index (Phi) is 5.21. The Bertz CT molecular complexity index is 910. The molecule has 1 aromatic heterocycles. The fourth-order valence-corrected chi connectivity index (χ4v) is 3.92. The van der Waals surface area contributed by atoms with E-state index in [4.69, 9.17) is 0 Å². The number of amides is 1. The van der Waals surface area contributed by atoms with Crippen molar-refractivity contribution in [3.63, 3.8) is 0 Å². The fraction of sp³-hybridized carbons (Fsp3) is 0.364. The highest BCUT2D eigenvalue weighted by Gasteiger charge is 2.22. The van der Waals surface area contributed by atoms with Crippen LogP contribution in [0, 0.1) is 0 Å². The SMILES string of the molecule is CN1CCC(c2cccc3c2ncn3C(=O)NCCc2ccccc2)CC1. The number of carbonyl (C=O) groups excluding carboxylic acids is 1. The molecule has 0 atom stereocenters. The molecule has 1 N–H and O–H groups in total. The van der Waals surface area contributed by atoms with Crippen molar-refractivity contribution in [2.75, 3.05) is 26.7 Å². The normalized spacial score (nSPS) is 15.9. The van der Waals surface area contributed by atoms with Gasteiger partial charge in [0.25, 0.3) is 0 Å². The number of nitrogens with zero attached hydrogens (tertiary/aromatic N) is 3. The number of para-hydroxylation sites is 1. The van der Waals surface area contributed by atoms with Gasteiger partial charge in [0.15, 0.2) is 0 Å². The molecule has 0 radical (unpaired) electrons. The van der Waals surface area contributed by atoms with E-state index in [1.807, 2.05) is 30.3 Å². The lowest BCUT2D eigenvalue weighted by Gasteiger charge is -2.29. The molecular weight excluding hydrogens is 336 g/mol. The fourth-order valence-electron chi connectivity index (χ4n) is 3.92. The number of nitrogens with one attached hydrogen (secondary N) is 1. The van der Waals surface area contributed by atoms with Gasteiger partial charge in [0.1, 0.15) is 6.33 Å². The average molecular weight is 362 g/mol. The quantitative estimate of drug-likeness (QED) is 0.771. The van der Waals surface area contributed by atoms with Crippen LogP contribution in [0.25, 0.3) is 11.0 Å². The highest BCUT2D eigenvalue weighted by molar-refractivity contribution is 5.90. The van der Waals surface area contributed by atoms with E-state index >= 15 is 0 Å². The maximum absolute atomic E-state index is 12.6. The van der Waals surface area contributed by atoms with Crippen molar-refractivity contribution in [2.24, 2.45) is 0 Å². The van der Waals surface area contributed by atoms with Crippen LogP contribution in [-0.2, 0) is 6.42 Å². The first-order valence-electron chi connectivity index (χ1n) is 9.69. The number of aromatic nitrogens is 2. The van der Waals surface area contributed by atoms with E-state index in [0.717, 1.165) is 43.4 Å². The zero-order valence-corrected chi connectivity index (χ0v) is 15.8. The molecule has 1 saturated heterocycles. The van der Waals surface area contributed by atoms with Crippen LogP contribution in [0.3, 0.4) is 0 Å². The molecule has 1 aliphatic heterocycles. The topological polar surface area (TPSA) is 50.2 Å². The van der Waals surface area contributed by atoms with Crippen molar-refractivity contribution in [3.05, 3.63) is 66.0 Å². The molecule has 3 aromatic rings. The summed E-state index contributed by atoms with van der Waals surface area (Å²) in [6.07, 6.45) is 4.76. The van der Waals surface area contributed by atoms with Crippen molar-refractivity contribution in [3.8, 4) is 0 Å². The second-order valence-electron chi connectivity index (χ2n) is 7.37. The summed E-state index contributed by atoms with van der Waals surface area (Å²) in [5, 5.41) is 3.01. The Hall–Kier alpha value is -2.66. The van der Waals surface area contributed by atoms with Crippen LogP contribution in [0.5, 0.6) is 0 Å². The summed E-state index contributed by atoms with van der Waals surface area (Å²) >= 11 is 0. The van der Waals surface area contributed by atoms with Crippen molar-refractivity contribution in [1.82, 2.24) is 19.8 Å². The Labute approximate surface area is 160 Å². The van der Waals surface area contributed by atoms with Gasteiger partial charge >= 0.3 is 6.03 Å². The van der Waals surface area contributed by atoms with Gasteiger partial charge in [-0.1, -0.05) is 42.5 Å². The highest BCUT2D eigenvalue weighted by Crippen LogP contribution is 2.32. The molecular formula is C22H26N4O. The predicted molar refractivity (Wildman–Crippen MR) is 108 cm³/mol. The van der Waals surface area contributed by atoms with E-state index in [1.54, 1.807) is 10.9 Å². The van der Waals surface area contributed by atoms with Crippen LogP contribution in [0.4, 0.5) is 4.79 Å². The number of rotatable bonds is 4. The molecule has 0 bridgehead atoms. The molecule has 0 saturated carbocycles. The average Bonchev–Trinajstić information content (AvgIpc) is 3.14. The van der Waals surface area contributed by atoms with Gasteiger partial charge in [-0.15, -0.1) is 0 Å². The zero-order valence-electron chi connectivity index (χ0n) is 15.8. The van der Waals surface area contributed by atoms with E-state index in [2.05, 4.69) is 40.4 Å². The zero-order chi connectivity index (χ0) is 18.6. The first-order valence-corrected chi connectivity index (χ1v) is 9.69. The number of hydrogen-bond acceptors (Lipinski definition) is 3. The molecule has 27 heavy (non-hydrogen) atoms. The number of benzene rings is 2. The molecule has 1 aliphatic rings. The molecule has 5 nitrogen and oxygen atoms in total. The lowest BCUT2D eigenvalue weighted by atomic mass is 9.89. The molecule has 2 heterocycles. The van der Waals surface area contributed by atoms with Crippen LogP contribution in [-0.4, -0.2) is 47.2 Å². The summed E-state index contributed by atoms with van der Waals surface area (Å²) < 4.78 is 1.64. The maximum atomic E-state index is 12.6. The van der Waals surface area contributed by atoms with Crippen LogP contribution in [0.2, 0.25) is 0 Å². The van der Waals surface area contributed by atoms with Gasteiger partial charge in [-0.3, -0.25) is 4.57 Å². The summed E-state index contributed by atoms with van der Waals surface area (Å²) in [6, 6.07) is 16.3. The van der Waals surface area contributed by atoms with Gasteiger partial charge in [0.05, 0.1) is 11.0 Å². The second kappa shape index (κ2) is 7.92. The van der Waals surface area contributed by atoms with Crippen LogP contribution in [0.1, 0.15) is 29.9 Å². The van der Waals surface area contributed by atoms with E-state index in [9.17, 15) is 4.79 Å². The Morgan fingerprint density at radius 1 is 1.11 bits per heavy atom. The van der Waals surface area contributed by atoms with Crippen LogP contribution in [0.15, 0.2) is 54.9 Å². The first-order chi connectivity index (χ1) is 13.2. The lowest BCUT2D eigenvalue weighted by molar-refractivity contribution is 0.243. The van der Waals surface area contributed by atoms with E-state index in [0.29, 0.717) is 12.5 Å². The summed E-state index contributed by atoms with van der Waals surface area (Å²) in [6.45, 7) is 2.83. The predicted octanol–water partition coefficient (Wildman–Crippen LogP) is 3.65. The monoisotopic (exact) mass is 362 g/mol. The van der Waals surface area contributed by atoms with Gasteiger partial charge in [0.2, 0.25) is 0 Å². The van der Waals surface area contributed by atoms with E-state index in [-0.39, 0.29) is 6.03 Å². The maximum Gasteiger partial charge on any atom is 0.327 e. The second-order valence-corrected chi connectivity index (χ2v) is 7.37. The number of likely N-dealkylation sites (tertiary alicyclic amines) is 1. The Morgan fingerprint density at radius 2 is 1.89 bits per heavy atom. The van der Waals surface area contributed by atoms with Crippen molar-refractivity contribution >= 4 is 17.1 Å². The van der Waals surface area contributed by atoms with Gasteiger partial charge in [-0.05, 0) is 62.5 Å². The van der Waals surface area contributed by atoms with Gasteiger partial charge in [-0.25, -0.2) is 9.78 Å². The molecule has 0 spiro atoms. The summed E-state index contributed by atoms with van der Waals surface area (Å²) in [7, 11) is 2.17. The minimum Gasteiger partial charge on any atom is -0.337 e. The minimum absolute atomic E-state index is 0.117. The highest BCUT2D eigenvalue weighted by atomic mass is 16.2. The number of carbonyl (C=O) groups is 1.